The van der Waals surface area contributed by atoms with E-state index in [9.17, 15) is 5.26 Å². The number of nitrogens with zero attached hydrogens (tertiary/aromatic N) is 2. The summed E-state index contributed by atoms with van der Waals surface area (Å²) in [5, 5.41) is 11.9. The molecule has 1 aromatic carbocycles. The van der Waals surface area contributed by atoms with Crippen LogP contribution >= 0.6 is 0 Å². The van der Waals surface area contributed by atoms with Crippen molar-refractivity contribution < 1.29 is 4.84 Å². The Bertz CT molecular complexity index is 600. The molecular formula is C19H24N2O. The van der Waals surface area contributed by atoms with Crippen molar-refractivity contribution in [3.05, 3.63) is 35.4 Å². The third-order valence-electron chi connectivity index (χ3n) is 5.98. The number of hydrogen-bond donors (Lipinski definition) is 0. The minimum Gasteiger partial charge on any atom is -0.296 e. The summed E-state index contributed by atoms with van der Waals surface area (Å²) >= 11 is 0. The highest BCUT2D eigenvalue weighted by Crippen LogP contribution is 2.53. The zero-order chi connectivity index (χ0) is 15.2. The van der Waals surface area contributed by atoms with E-state index >= 15 is 0 Å². The average molecular weight is 296 g/mol. The van der Waals surface area contributed by atoms with Crippen molar-refractivity contribution in [3.8, 4) is 6.07 Å². The second-order valence-electron chi connectivity index (χ2n) is 7.32. The van der Waals surface area contributed by atoms with E-state index in [-0.39, 0.29) is 17.5 Å². The van der Waals surface area contributed by atoms with E-state index in [1.54, 1.807) is 0 Å². The van der Waals surface area contributed by atoms with E-state index in [0.29, 0.717) is 12.5 Å². The highest BCUT2D eigenvalue weighted by molar-refractivity contribution is 5.37. The van der Waals surface area contributed by atoms with Crippen LogP contribution in [0.5, 0.6) is 0 Å². The van der Waals surface area contributed by atoms with E-state index in [1.807, 2.05) is 0 Å². The summed E-state index contributed by atoms with van der Waals surface area (Å²) < 4.78 is 0. The van der Waals surface area contributed by atoms with E-state index in [2.05, 4.69) is 42.3 Å². The van der Waals surface area contributed by atoms with Crippen LogP contribution in [0.25, 0.3) is 0 Å². The van der Waals surface area contributed by atoms with Gasteiger partial charge in [-0.15, -0.1) is 0 Å². The molecule has 0 aromatic heterocycles. The molecule has 3 nitrogen and oxygen atoms in total. The molecule has 1 saturated heterocycles. The molecule has 0 N–H and O–H groups in total. The lowest BCUT2D eigenvalue weighted by atomic mass is 9.75. The van der Waals surface area contributed by atoms with Gasteiger partial charge in [0.2, 0.25) is 0 Å². The topological polar surface area (TPSA) is 36.3 Å². The smallest absolute Gasteiger partial charge is 0.0937 e. The van der Waals surface area contributed by atoms with Crippen molar-refractivity contribution in [2.45, 2.75) is 62.9 Å². The standard InChI is InChI=1S/C19H24N2O/c1-14-11-19(9-5-2-6-10-19)21-18(15(12-20)13-22-21)17-8-4-3-7-16(14)17/h3-4,7-8,14-15,18H,2,5-6,9-11,13H2,1H3. The molecule has 3 aliphatic rings. The average Bonchev–Trinajstić information content (AvgIpc) is 2.96. The largest absolute Gasteiger partial charge is 0.296 e. The Morgan fingerprint density at radius 1 is 1.18 bits per heavy atom. The van der Waals surface area contributed by atoms with Gasteiger partial charge in [0.1, 0.15) is 0 Å². The summed E-state index contributed by atoms with van der Waals surface area (Å²) in [5.41, 5.74) is 2.87. The van der Waals surface area contributed by atoms with Crippen LogP contribution in [0.1, 0.15) is 68.5 Å². The van der Waals surface area contributed by atoms with Gasteiger partial charge in [0.15, 0.2) is 0 Å². The lowest BCUT2D eigenvalue weighted by molar-refractivity contribution is -0.216. The van der Waals surface area contributed by atoms with Crippen molar-refractivity contribution in [1.82, 2.24) is 5.06 Å². The number of fused-ring (bicyclic) bond motifs is 4. The molecular weight excluding hydrogens is 272 g/mol. The molecule has 1 aliphatic carbocycles. The molecule has 0 amide bonds. The Labute approximate surface area is 132 Å². The quantitative estimate of drug-likeness (QED) is 0.715. The molecule has 1 saturated carbocycles. The van der Waals surface area contributed by atoms with E-state index in [0.717, 1.165) is 6.42 Å². The molecule has 1 aromatic rings. The lowest BCUT2D eigenvalue weighted by Gasteiger charge is -2.45. The van der Waals surface area contributed by atoms with Crippen molar-refractivity contribution >= 4 is 0 Å². The number of benzene rings is 1. The van der Waals surface area contributed by atoms with Gasteiger partial charge in [0.05, 0.1) is 24.6 Å². The molecule has 0 bridgehead atoms. The molecule has 2 aliphatic heterocycles. The predicted molar refractivity (Wildman–Crippen MR) is 84.9 cm³/mol. The van der Waals surface area contributed by atoms with Crippen LogP contribution in [-0.4, -0.2) is 17.2 Å². The van der Waals surface area contributed by atoms with Crippen molar-refractivity contribution in [2.24, 2.45) is 5.92 Å². The van der Waals surface area contributed by atoms with E-state index < -0.39 is 0 Å². The summed E-state index contributed by atoms with van der Waals surface area (Å²) in [6, 6.07) is 11.3. The van der Waals surface area contributed by atoms with Crippen molar-refractivity contribution in [3.63, 3.8) is 0 Å². The maximum absolute atomic E-state index is 9.62. The third-order valence-corrected chi connectivity index (χ3v) is 5.98. The van der Waals surface area contributed by atoms with Gasteiger partial charge in [-0.2, -0.15) is 10.3 Å². The first-order chi connectivity index (χ1) is 10.7. The van der Waals surface area contributed by atoms with E-state index in [1.165, 1.54) is 43.2 Å². The van der Waals surface area contributed by atoms with Crippen LogP contribution in [0, 0.1) is 17.2 Å². The summed E-state index contributed by atoms with van der Waals surface area (Å²) in [5.74, 6) is 0.480. The van der Waals surface area contributed by atoms with Gasteiger partial charge >= 0.3 is 0 Å². The van der Waals surface area contributed by atoms with Crippen LogP contribution in [-0.2, 0) is 4.84 Å². The first kappa shape index (κ1) is 14.2. The second-order valence-corrected chi connectivity index (χ2v) is 7.32. The normalized spacial score (nSPS) is 33.7. The van der Waals surface area contributed by atoms with Crippen LogP contribution < -0.4 is 0 Å². The molecule has 4 rings (SSSR count). The first-order valence-electron chi connectivity index (χ1n) is 8.66. The minimum atomic E-state index is -0.0507. The highest BCUT2D eigenvalue weighted by Gasteiger charge is 2.52. The van der Waals surface area contributed by atoms with Gasteiger partial charge in [-0.05, 0) is 36.3 Å². The van der Waals surface area contributed by atoms with Gasteiger partial charge < -0.3 is 0 Å². The summed E-state index contributed by atoms with van der Waals surface area (Å²) in [4.78, 5) is 6.15. The number of nitriles is 1. The first-order valence-corrected chi connectivity index (χ1v) is 8.66. The fourth-order valence-electron chi connectivity index (χ4n) is 5.01. The molecule has 1 spiro atoms. The maximum atomic E-state index is 9.62. The molecule has 3 atom stereocenters. The van der Waals surface area contributed by atoms with Crippen LogP contribution in [0.15, 0.2) is 24.3 Å². The summed E-state index contributed by atoms with van der Waals surface area (Å²) in [7, 11) is 0. The zero-order valence-corrected chi connectivity index (χ0v) is 13.3. The number of hydroxylamine groups is 2. The Morgan fingerprint density at radius 3 is 2.64 bits per heavy atom. The fourth-order valence-corrected chi connectivity index (χ4v) is 5.01. The minimum absolute atomic E-state index is 0.0507. The lowest BCUT2D eigenvalue weighted by Crippen LogP contribution is -2.49. The summed E-state index contributed by atoms with van der Waals surface area (Å²) in [6.45, 7) is 2.89. The fraction of sp³-hybridized carbons (Fsp3) is 0.632. The van der Waals surface area contributed by atoms with Gasteiger partial charge in [-0.1, -0.05) is 50.5 Å². The van der Waals surface area contributed by atoms with Gasteiger partial charge in [0.25, 0.3) is 0 Å². The maximum Gasteiger partial charge on any atom is 0.0937 e. The van der Waals surface area contributed by atoms with Crippen molar-refractivity contribution in [1.29, 1.82) is 5.26 Å². The predicted octanol–water partition coefficient (Wildman–Crippen LogP) is 4.32. The molecule has 2 heterocycles. The molecule has 22 heavy (non-hydrogen) atoms. The van der Waals surface area contributed by atoms with Gasteiger partial charge in [0, 0.05) is 5.54 Å². The Kier molecular flexibility index (Phi) is 3.47. The van der Waals surface area contributed by atoms with Crippen LogP contribution in [0.3, 0.4) is 0 Å². The van der Waals surface area contributed by atoms with Gasteiger partial charge in [-0.3, -0.25) is 4.84 Å². The van der Waals surface area contributed by atoms with E-state index in [4.69, 9.17) is 4.84 Å². The SMILES string of the molecule is CC1CC2(CCCCC2)N2OCC(C#N)C2c2ccccc21. The molecule has 3 heteroatoms. The molecule has 0 radical (unpaired) electrons. The zero-order valence-electron chi connectivity index (χ0n) is 13.3. The molecule has 2 fully saturated rings. The van der Waals surface area contributed by atoms with Crippen LogP contribution in [0.4, 0.5) is 0 Å². The monoisotopic (exact) mass is 296 g/mol. The Balaban J connectivity index is 1.85. The van der Waals surface area contributed by atoms with Crippen molar-refractivity contribution in [2.75, 3.05) is 6.61 Å². The third kappa shape index (κ3) is 2.01. The van der Waals surface area contributed by atoms with Crippen LogP contribution in [0.2, 0.25) is 0 Å². The van der Waals surface area contributed by atoms with Gasteiger partial charge in [-0.25, -0.2) is 0 Å². The molecule has 3 unspecified atom stereocenters. The Hall–Kier alpha value is -1.37. The number of rotatable bonds is 0. The second kappa shape index (κ2) is 5.37. The number of hydrogen-bond acceptors (Lipinski definition) is 3. The molecule has 116 valence electrons. The Morgan fingerprint density at radius 2 is 1.91 bits per heavy atom. The highest BCUT2D eigenvalue weighted by atomic mass is 16.7. The summed E-state index contributed by atoms with van der Waals surface area (Å²) in [6.07, 6.45) is 7.47.